The first kappa shape index (κ1) is 15.1. The van der Waals surface area contributed by atoms with Gasteiger partial charge >= 0.3 is 0 Å². The van der Waals surface area contributed by atoms with Gasteiger partial charge in [0.2, 0.25) is 0 Å². The number of anilines is 2. The van der Waals surface area contributed by atoms with Gasteiger partial charge in [0.1, 0.15) is 10.7 Å². The molecule has 0 spiro atoms. The molecule has 0 aromatic carbocycles. The quantitative estimate of drug-likeness (QED) is 0.767. The van der Waals surface area contributed by atoms with Crippen LogP contribution < -0.4 is 16.0 Å². The highest BCUT2D eigenvalue weighted by atomic mass is 32.1. The molecular weight excluding hydrogens is 274 g/mol. The van der Waals surface area contributed by atoms with E-state index in [1.165, 1.54) is 24.2 Å². The van der Waals surface area contributed by atoms with Crippen molar-refractivity contribution in [3.63, 3.8) is 0 Å². The van der Waals surface area contributed by atoms with Crippen LogP contribution in [0.4, 0.5) is 10.9 Å². The summed E-state index contributed by atoms with van der Waals surface area (Å²) in [6, 6.07) is 0. The number of carbonyl (C=O) groups is 1. The summed E-state index contributed by atoms with van der Waals surface area (Å²) < 4.78 is 0. The van der Waals surface area contributed by atoms with Gasteiger partial charge in [-0.2, -0.15) is 0 Å². The molecule has 0 saturated carbocycles. The van der Waals surface area contributed by atoms with Crippen LogP contribution in [-0.2, 0) is 0 Å². The van der Waals surface area contributed by atoms with Crippen molar-refractivity contribution in [3.05, 3.63) is 4.88 Å². The summed E-state index contributed by atoms with van der Waals surface area (Å²) in [4.78, 5) is 21.2. The average molecular weight is 297 g/mol. The molecule has 1 amide bonds. The van der Waals surface area contributed by atoms with E-state index in [4.69, 9.17) is 5.73 Å². The Labute approximate surface area is 124 Å². The normalized spacial score (nSPS) is 14.8. The van der Waals surface area contributed by atoms with Crippen LogP contribution in [0.5, 0.6) is 0 Å². The largest absolute Gasteiger partial charge is 0.382 e. The lowest BCUT2D eigenvalue weighted by Gasteiger charge is -2.16. The predicted octanol–water partition coefficient (Wildman–Crippen LogP) is 1.01. The first-order valence-corrected chi connectivity index (χ1v) is 7.86. The van der Waals surface area contributed by atoms with E-state index < -0.39 is 0 Å². The van der Waals surface area contributed by atoms with Gasteiger partial charge in [0.25, 0.3) is 5.91 Å². The zero-order chi connectivity index (χ0) is 14.5. The number of nitrogens with zero attached hydrogens (tertiary/aromatic N) is 3. The summed E-state index contributed by atoms with van der Waals surface area (Å²) in [5, 5.41) is 3.96. The SMILES string of the molecule is CNCCCN(C)C(=O)c1sc(N2CCCC2)nc1N. The molecule has 0 atom stereocenters. The molecule has 0 bridgehead atoms. The maximum atomic E-state index is 12.4. The van der Waals surface area contributed by atoms with Gasteiger partial charge in [-0.05, 0) is 32.9 Å². The van der Waals surface area contributed by atoms with Crippen molar-refractivity contribution in [2.75, 3.05) is 50.9 Å². The van der Waals surface area contributed by atoms with Gasteiger partial charge in [0.05, 0.1) is 0 Å². The fraction of sp³-hybridized carbons (Fsp3) is 0.692. The third kappa shape index (κ3) is 3.40. The second-order valence-corrected chi connectivity index (χ2v) is 6.07. The number of nitrogen functional groups attached to an aromatic ring is 1. The maximum Gasteiger partial charge on any atom is 0.267 e. The smallest absolute Gasteiger partial charge is 0.267 e. The van der Waals surface area contributed by atoms with Crippen molar-refractivity contribution < 1.29 is 4.79 Å². The van der Waals surface area contributed by atoms with E-state index in [-0.39, 0.29) is 5.91 Å². The van der Waals surface area contributed by atoms with Crippen LogP contribution in [-0.4, -0.2) is 56.1 Å². The molecule has 0 radical (unpaired) electrons. The number of hydrogen-bond donors (Lipinski definition) is 2. The van der Waals surface area contributed by atoms with Gasteiger partial charge in [0, 0.05) is 26.7 Å². The number of thiazole rings is 1. The Morgan fingerprint density at radius 1 is 1.50 bits per heavy atom. The lowest BCUT2D eigenvalue weighted by molar-refractivity contribution is 0.0799. The predicted molar refractivity (Wildman–Crippen MR) is 83.5 cm³/mol. The molecule has 7 heteroatoms. The Hall–Kier alpha value is -1.34. The Kier molecular flexibility index (Phi) is 5.19. The summed E-state index contributed by atoms with van der Waals surface area (Å²) in [7, 11) is 3.72. The molecule has 0 aliphatic carbocycles. The van der Waals surface area contributed by atoms with E-state index >= 15 is 0 Å². The van der Waals surface area contributed by atoms with Gasteiger partial charge in [-0.1, -0.05) is 11.3 Å². The van der Waals surface area contributed by atoms with Crippen molar-refractivity contribution in [1.29, 1.82) is 0 Å². The number of aromatic nitrogens is 1. The standard InChI is InChI=1S/C13H23N5OS/c1-15-6-5-7-17(2)12(19)10-11(14)16-13(20-10)18-8-3-4-9-18/h15H,3-9,14H2,1-2H3. The van der Waals surface area contributed by atoms with Gasteiger partial charge in [-0.3, -0.25) is 4.79 Å². The lowest BCUT2D eigenvalue weighted by atomic mass is 10.3. The molecule has 1 aliphatic heterocycles. The van der Waals surface area contributed by atoms with Gasteiger partial charge in [-0.25, -0.2) is 4.98 Å². The van der Waals surface area contributed by atoms with E-state index in [0.717, 1.165) is 37.7 Å². The van der Waals surface area contributed by atoms with Gasteiger partial charge in [-0.15, -0.1) is 0 Å². The molecule has 6 nitrogen and oxygen atoms in total. The second kappa shape index (κ2) is 6.90. The number of carbonyl (C=O) groups excluding carboxylic acids is 1. The molecule has 1 fully saturated rings. The summed E-state index contributed by atoms with van der Waals surface area (Å²) >= 11 is 1.42. The summed E-state index contributed by atoms with van der Waals surface area (Å²) in [6.07, 6.45) is 3.30. The molecule has 1 saturated heterocycles. The van der Waals surface area contributed by atoms with Crippen LogP contribution in [0.3, 0.4) is 0 Å². The number of nitrogens with one attached hydrogen (secondary N) is 1. The summed E-state index contributed by atoms with van der Waals surface area (Å²) in [5.74, 6) is 0.337. The summed E-state index contributed by atoms with van der Waals surface area (Å²) in [6.45, 7) is 3.64. The molecule has 0 unspecified atom stereocenters. The van der Waals surface area contributed by atoms with E-state index in [0.29, 0.717) is 10.7 Å². The van der Waals surface area contributed by atoms with Crippen LogP contribution >= 0.6 is 11.3 Å². The number of nitrogens with two attached hydrogens (primary N) is 1. The third-order valence-corrected chi connectivity index (χ3v) is 4.60. The molecule has 2 heterocycles. The topological polar surface area (TPSA) is 74.5 Å². The van der Waals surface area contributed by atoms with Crippen LogP contribution in [0.25, 0.3) is 0 Å². The molecule has 1 aromatic heterocycles. The van der Waals surface area contributed by atoms with Gasteiger partial charge < -0.3 is 20.9 Å². The van der Waals surface area contributed by atoms with Crippen molar-refractivity contribution >= 4 is 28.2 Å². The molecular formula is C13H23N5OS. The average Bonchev–Trinajstić information content (AvgIpc) is 3.07. The van der Waals surface area contributed by atoms with Crippen molar-refractivity contribution in [1.82, 2.24) is 15.2 Å². The molecule has 1 aliphatic rings. The number of amides is 1. The highest BCUT2D eigenvalue weighted by molar-refractivity contribution is 7.18. The minimum Gasteiger partial charge on any atom is -0.382 e. The molecule has 20 heavy (non-hydrogen) atoms. The molecule has 112 valence electrons. The molecule has 1 aromatic rings. The Morgan fingerprint density at radius 2 is 2.20 bits per heavy atom. The van der Waals surface area contributed by atoms with Crippen LogP contribution in [0, 0.1) is 0 Å². The summed E-state index contributed by atoms with van der Waals surface area (Å²) in [5.41, 5.74) is 5.92. The van der Waals surface area contributed by atoms with Crippen LogP contribution in [0.2, 0.25) is 0 Å². The monoisotopic (exact) mass is 297 g/mol. The first-order valence-electron chi connectivity index (χ1n) is 7.04. The van der Waals surface area contributed by atoms with E-state index in [1.807, 2.05) is 14.1 Å². The van der Waals surface area contributed by atoms with E-state index in [2.05, 4.69) is 15.2 Å². The highest BCUT2D eigenvalue weighted by Crippen LogP contribution is 2.31. The Bertz CT molecular complexity index is 456. The second-order valence-electron chi connectivity index (χ2n) is 5.09. The first-order chi connectivity index (χ1) is 9.63. The number of rotatable bonds is 6. The van der Waals surface area contributed by atoms with Crippen LogP contribution in [0.1, 0.15) is 28.9 Å². The van der Waals surface area contributed by atoms with E-state index in [9.17, 15) is 4.79 Å². The van der Waals surface area contributed by atoms with Crippen molar-refractivity contribution in [2.24, 2.45) is 0 Å². The van der Waals surface area contributed by atoms with Crippen molar-refractivity contribution in [3.8, 4) is 0 Å². The van der Waals surface area contributed by atoms with E-state index in [1.54, 1.807) is 4.90 Å². The zero-order valence-electron chi connectivity index (χ0n) is 12.2. The Balaban J connectivity index is 2.01. The highest BCUT2D eigenvalue weighted by Gasteiger charge is 2.23. The van der Waals surface area contributed by atoms with Gasteiger partial charge in [0.15, 0.2) is 5.13 Å². The molecule has 2 rings (SSSR count). The fourth-order valence-electron chi connectivity index (χ4n) is 2.28. The number of hydrogen-bond acceptors (Lipinski definition) is 6. The molecule has 3 N–H and O–H groups in total. The Morgan fingerprint density at radius 3 is 2.85 bits per heavy atom. The minimum absolute atomic E-state index is 0.0263. The van der Waals surface area contributed by atoms with Crippen LogP contribution in [0.15, 0.2) is 0 Å². The maximum absolute atomic E-state index is 12.4. The third-order valence-electron chi connectivity index (χ3n) is 3.48. The van der Waals surface area contributed by atoms with Crippen molar-refractivity contribution in [2.45, 2.75) is 19.3 Å². The minimum atomic E-state index is -0.0263. The lowest BCUT2D eigenvalue weighted by Crippen LogP contribution is -2.29. The fourth-order valence-corrected chi connectivity index (χ4v) is 3.32. The zero-order valence-corrected chi connectivity index (χ0v) is 13.0.